The summed E-state index contributed by atoms with van der Waals surface area (Å²) in [6.07, 6.45) is 2.91. The smallest absolute Gasteiger partial charge is 0.343 e. The van der Waals surface area contributed by atoms with Gasteiger partial charge in [-0.15, -0.1) is 0 Å². The molecule has 0 unspecified atom stereocenters. The average Bonchev–Trinajstić information content (AvgIpc) is 2.65. The first-order valence-corrected chi connectivity index (χ1v) is 12.7. The van der Waals surface area contributed by atoms with Crippen LogP contribution >= 0.6 is 0 Å². The fourth-order valence-electron chi connectivity index (χ4n) is 4.83. The molecule has 5 atom stereocenters. The van der Waals surface area contributed by atoms with Crippen molar-refractivity contribution in [3.05, 3.63) is 12.2 Å². The van der Waals surface area contributed by atoms with Crippen LogP contribution < -0.4 is 0 Å². The van der Waals surface area contributed by atoms with Crippen LogP contribution in [0, 0.1) is 11.3 Å². The molecule has 0 N–H and O–H groups in total. The van der Waals surface area contributed by atoms with Crippen molar-refractivity contribution >= 4 is 20.5 Å². The molecule has 2 saturated heterocycles. The monoisotopic (exact) mass is 428 g/mol. The quantitative estimate of drug-likeness (QED) is 0.287. The molecule has 8 heteroatoms. The van der Waals surface area contributed by atoms with E-state index in [1.807, 2.05) is 0 Å². The highest BCUT2D eigenvalue weighted by Gasteiger charge is 2.66. The number of fused-ring (bicyclic) bond motifs is 1. The van der Waals surface area contributed by atoms with Gasteiger partial charge in [0.05, 0.1) is 12.8 Å². The Hall–Kier alpha value is -1.25. The highest BCUT2D eigenvalue weighted by Crippen LogP contribution is 2.51. The zero-order chi connectivity index (χ0) is 21.4. The minimum absolute atomic E-state index is 0.104. The second-order valence-electron chi connectivity index (χ2n) is 9.02. The predicted octanol–water partition coefficient (Wildman–Crippen LogP) is 3.83. The lowest BCUT2D eigenvalue weighted by Crippen LogP contribution is -2.67. The molecule has 29 heavy (non-hydrogen) atoms. The van der Waals surface area contributed by atoms with Gasteiger partial charge in [-0.2, -0.15) is 0 Å². The Morgan fingerprint density at radius 3 is 2.41 bits per heavy atom. The number of halogens is 1. The third-order valence-electron chi connectivity index (χ3n) is 6.48. The van der Waals surface area contributed by atoms with Crippen LogP contribution in [0.1, 0.15) is 53.9 Å². The van der Waals surface area contributed by atoms with E-state index >= 15 is 0 Å². The normalized spacial score (nSPS) is 36.7. The van der Waals surface area contributed by atoms with Crippen molar-refractivity contribution in [1.29, 1.82) is 0 Å². The first-order valence-electron chi connectivity index (χ1n) is 10.7. The van der Waals surface area contributed by atoms with Gasteiger partial charge < -0.3 is 18.3 Å². The highest BCUT2D eigenvalue weighted by atomic mass is 28.4. The van der Waals surface area contributed by atoms with Crippen LogP contribution in [0.2, 0.25) is 11.1 Å². The highest BCUT2D eigenvalue weighted by molar-refractivity contribution is 6.70. The van der Waals surface area contributed by atoms with Gasteiger partial charge in [0.1, 0.15) is 12.2 Å². The van der Waals surface area contributed by atoms with Crippen molar-refractivity contribution in [3.63, 3.8) is 0 Å². The number of ether oxygens (including phenoxy) is 2. The van der Waals surface area contributed by atoms with E-state index in [1.54, 1.807) is 19.1 Å². The fourth-order valence-corrected chi connectivity index (χ4v) is 8.64. The van der Waals surface area contributed by atoms with Crippen LogP contribution in [-0.2, 0) is 27.9 Å². The van der Waals surface area contributed by atoms with Crippen molar-refractivity contribution in [2.45, 2.75) is 83.3 Å². The molecule has 1 aliphatic carbocycles. The average molecular weight is 429 g/mol. The molecule has 0 saturated carbocycles. The van der Waals surface area contributed by atoms with Crippen LogP contribution in [0.3, 0.4) is 0 Å². The number of carbonyl (C=O) groups excluding carboxylic acids is 2. The third-order valence-corrected chi connectivity index (χ3v) is 11.0. The molecule has 0 radical (unpaired) electrons. The first-order chi connectivity index (χ1) is 13.7. The van der Waals surface area contributed by atoms with E-state index in [0.29, 0.717) is 25.9 Å². The molecule has 0 aromatic carbocycles. The molecule has 2 bridgehead atoms. The van der Waals surface area contributed by atoms with Crippen molar-refractivity contribution < 1.29 is 32.3 Å². The predicted molar refractivity (Wildman–Crippen MR) is 107 cm³/mol. The molecule has 3 heterocycles. The van der Waals surface area contributed by atoms with Crippen LogP contribution in [0.4, 0.5) is 4.39 Å². The van der Waals surface area contributed by atoms with Crippen molar-refractivity contribution in [1.82, 2.24) is 0 Å². The fraction of sp³-hybridized carbons (Fsp3) is 0.810. The molecule has 0 aromatic rings. The van der Waals surface area contributed by atoms with Gasteiger partial charge in [-0.3, -0.25) is 14.0 Å². The molecule has 4 rings (SSSR count). The van der Waals surface area contributed by atoms with Gasteiger partial charge in [0.25, 0.3) is 0 Å². The molecule has 0 amide bonds. The Balaban J connectivity index is 2.13. The topological polar surface area (TPSA) is 71.1 Å². The number of rotatable bonds is 5. The number of alkyl halides is 1. The second kappa shape index (κ2) is 8.47. The SMILES string of the molecule is CC(C)[Si]1(C(C)C)OCC[C@H](C)OC(=O)[C@@]23C=C[C@@H](OC2=O)[C@H](CCCF)[C@@H]3O1. The summed E-state index contributed by atoms with van der Waals surface area (Å²) < 4.78 is 37.4. The zero-order valence-electron chi connectivity index (χ0n) is 18.0. The van der Waals surface area contributed by atoms with Gasteiger partial charge >= 0.3 is 20.5 Å². The Morgan fingerprint density at radius 1 is 1.17 bits per heavy atom. The summed E-state index contributed by atoms with van der Waals surface area (Å²) in [6.45, 7) is 10.0. The van der Waals surface area contributed by atoms with Crippen LogP contribution in [0.5, 0.6) is 0 Å². The molecule has 164 valence electrons. The van der Waals surface area contributed by atoms with E-state index in [1.165, 1.54) is 0 Å². The Morgan fingerprint density at radius 2 is 1.83 bits per heavy atom. The third kappa shape index (κ3) is 3.68. The first kappa shape index (κ1) is 22.4. The Kier molecular flexibility index (Phi) is 6.55. The molecular weight excluding hydrogens is 395 g/mol. The lowest BCUT2D eigenvalue weighted by Gasteiger charge is -2.53. The summed E-state index contributed by atoms with van der Waals surface area (Å²) in [7, 11) is -2.84. The van der Waals surface area contributed by atoms with Crippen molar-refractivity contribution in [2.24, 2.45) is 11.3 Å². The van der Waals surface area contributed by atoms with E-state index in [9.17, 15) is 14.0 Å². The number of cyclic esters (lactones) is 1. The van der Waals surface area contributed by atoms with Crippen molar-refractivity contribution in [2.75, 3.05) is 13.3 Å². The maximum atomic E-state index is 13.3. The minimum Gasteiger partial charge on any atom is -0.461 e. The molecule has 2 fully saturated rings. The number of carbonyl (C=O) groups is 2. The second-order valence-corrected chi connectivity index (χ2v) is 13.3. The summed E-state index contributed by atoms with van der Waals surface area (Å²) >= 11 is 0. The summed E-state index contributed by atoms with van der Waals surface area (Å²) in [5.41, 5.74) is -1.45. The lowest BCUT2D eigenvalue weighted by molar-refractivity contribution is -0.204. The number of hydrogen-bond acceptors (Lipinski definition) is 6. The van der Waals surface area contributed by atoms with Gasteiger partial charge in [-0.1, -0.05) is 33.8 Å². The summed E-state index contributed by atoms with van der Waals surface area (Å²) in [6, 6.07) is 0. The van der Waals surface area contributed by atoms with Crippen molar-refractivity contribution in [3.8, 4) is 0 Å². The Bertz CT molecular complexity index is 658. The molecule has 0 aromatic heterocycles. The number of hydrogen-bond donors (Lipinski definition) is 0. The van der Waals surface area contributed by atoms with Gasteiger partial charge in [0.15, 0.2) is 0 Å². The summed E-state index contributed by atoms with van der Waals surface area (Å²) in [5, 5.41) is 0. The molecule has 4 aliphatic rings. The molecular formula is C21H33FO6Si. The summed E-state index contributed by atoms with van der Waals surface area (Å²) in [5.74, 6) is -1.60. The van der Waals surface area contributed by atoms with Crippen LogP contribution in [0.15, 0.2) is 12.2 Å². The van der Waals surface area contributed by atoms with Gasteiger partial charge in [-0.05, 0) is 36.9 Å². The number of esters is 2. The zero-order valence-corrected chi connectivity index (χ0v) is 19.0. The maximum Gasteiger partial charge on any atom is 0.343 e. The molecule has 3 aliphatic heterocycles. The lowest BCUT2D eigenvalue weighted by atomic mass is 9.66. The van der Waals surface area contributed by atoms with Crippen LogP contribution in [0.25, 0.3) is 0 Å². The largest absolute Gasteiger partial charge is 0.461 e. The van der Waals surface area contributed by atoms with Gasteiger partial charge in [0, 0.05) is 18.9 Å². The van der Waals surface area contributed by atoms with E-state index < -0.39 is 50.9 Å². The van der Waals surface area contributed by atoms with E-state index in [4.69, 9.17) is 18.3 Å². The Labute approximate surface area is 173 Å². The molecule has 1 spiro atoms. The molecule has 6 nitrogen and oxygen atoms in total. The summed E-state index contributed by atoms with van der Waals surface area (Å²) in [4.78, 5) is 26.3. The standard InChI is InChI=1S/C21H33FO6Si/c1-13(2)29(14(3)4)25-12-9-15(5)26-19(23)21-10-8-17(27-20(21)24)16(7-6-11-22)18(21)28-29/h8,10,13-18H,6-7,9,11-12H2,1-5H3/t15-,16-,17+,18-,21-/m0/s1. The minimum atomic E-state index is -2.84. The van der Waals surface area contributed by atoms with E-state index in [2.05, 4.69) is 27.7 Å². The van der Waals surface area contributed by atoms with E-state index in [-0.39, 0.29) is 17.0 Å². The maximum absolute atomic E-state index is 13.3. The van der Waals surface area contributed by atoms with Gasteiger partial charge in [0.2, 0.25) is 5.41 Å². The van der Waals surface area contributed by atoms with Crippen LogP contribution in [-0.4, -0.2) is 52.1 Å². The van der Waals surface area contributed by atoms with E-state index in [0.717, 1.165) is 0 Å². The van der Waals surface area contributed by atoms with Gasteiger partial charge in [-0.25, -0.2) is 0 Å².